The molecule has 126 valence electrons. The summed E-state index contributed by atoms with van der Waals surface area (Å²) < 4.78 is 26.3. The Morgan fingerprint density at radius 1 is 1.22 bits per heavy atom. The fraction of sp³-hybridized carbons (Fsp3) is 0.429. The van der Waals surface area contributed by atoms with Crippen LogP contribution in [0.4, 0.5) is 0 Å². The molecule has 0 aromatic heterocycles. The number of nitrogens with one attached hydrogen (secondary N) is 2. The Kier molecular flexibility index (Phi) is 5.61. The molecule has 0 unspecified atom stereocenters. The third-order valence-electron chi connectivity index (χ3n) is 3.73. The van der Waals surface area contributed by atoms with E-state index in [9.17, 15) is 13.2 Å². The van der Waals surface area contributed by atoms with Crippen LogP contribution in [0, 0.1) is 0 Å². The zero-order valence-electron chi connectivity index (χ0n) is 12.5. The normalized spacial score (nSPS) is 21.0. The monoisotopic (exact) mass is 358 g/mol. The molecule has 2 N–H and O–H groups in total. The zero-order chi connectivity index (χ0) is 15.6. The van der Waals surface area contributed by atoms with Gasteiger partial charge in [-0.25, -0.2) is 8.42 Å². The van der Waals surface area contributed by atoms with Crippen molar-refractivity contribution in [1.29, 1.82) is 0 Å². The van der Waals surface area contributed by atoms with E-state index in [0.717, 1.165) is 19.5 Å². The van der Waals surface area contributed by atoms with Gasteiger partial charge in [-0.1, -0.05) is 12.1 Å². The maximum Gasteiger partial charge on any atom is 0.263 e. The largest absolute Gasteiger partial charge is 0.340 e. The number of halogens is 1. The molecule has 1 aromatic rings. The maximum absolute atomic E-state index is 12.2. The van der Waals surface area contributed by atoms with E-state index in [4.69, 9.17) is 0 Å². The summed E-state index contributed by atoms with van der Waals surface area (Å²) in [5.74, 6) is 0.164. The van der Waals surface area contributed by atoms with Gasteiger partial charge in [0.05, 0.1) is 4.90 Å². The second-order valence-electron chi connectivity index (χ2n) is 5.25. The molecule has 1 aromatic carbocycles. The van der Waals surface area contributed by atoms with Crippen LogP contribution in [-0.2, 0) is 14.8 Å². The van der Waals surface area contributed by atoms with Crippen molar-refractivity contribution in [2.24, 2.45) is 4.99 Å². The Morgan fingerprint density at radius 2 is 2.00 bits per heavy atom. The van der Waals surface area contributed by atoms with Crippen molar-refractivity contribution in [1.82, 2.24) is 14.9 Å². The summed E-state index contributed by atoms with van der Waals surface area (Å²) in [6.07, 6.45) is 0.914. The Bertz CT molecular complexity index is 712. The minimum atomic E-state index is -3.55. The lowest BCUT2D eigenvalue weighted by molar-refractivity contribution is -0.129. The van der Waals surface area contributed by atoms with Crippen molar-refractivity contribution >= 4 is 34.2 Å². The number of fused-ring (bicyclic) bond motifs is 1. The summed E-state index contributed by atoms with van der Waals surface area (Å²) in [5, 5.41) is 3.23. The van der Waals surface area contributed by atoms with Crippen molar-refractivity contribution in [3.05, 3.63) is 29.8 Å². The Hall–Kier alpha value is -1.64. The summed E-state index contributed by atoms with van der Waals surface area (Å²) in [5.41, 5.74) is 0.521. The van der Waals surface area contributed by atoms with Crippen LogP contribution in [0.1, 0.15) is 12.0 Å². The molecular formula is C14H19ClN4O3S. The van der Waals surface area contributed by atoms with Crippen LogP contribution in [0.3, 0.4) is 0 Å². The van der Waals surface area contributed by atoms with Gasteiger partial charge in [0.25, 0.3) is 10.0 Å². The molecule has 1 fully saturated rings. The lowest BCUT2D eigenvalue weighted by Crippen LogP contribution is -2.36. The Labute approximate surface area is 141 Å². The molecule has 0 atom stereocenters. The van der Waals surface area contributed by atoms with Crippen LogP contribution in [-0.4, -0.2) is 57.8 Å². The molecule has 0 spiro atoms. The third kappa shape index (κ3) is 3.82. The minimum Gasteiger partial charge on any atom is -0.340 e. The fourth-order valence-electron chi connectivity index (χ4n) is 2.59. The molecule has 0 saturated carbocycles. The highest BCUT2D eigenvalue weighted by molar-refractivity contribution is 7.90. The van der Waals surface area contributed by atoms with Gasteiger partial charge in [-0.05, 0) is 25.1 Å². The van der Waals surface area contributed by atoms with Gasteiger partial charge in [0.2, 0.25) is 5.91 Å². The van der Waals surface area contributed by atoms with E-state index in [-0.39, 0.29) is 35.6 Å². The predicted octanol–water partition coefficient (Wildman–Crippen LogP) is -0.0312. The van der Waals surface area contributed by atoms with Gasteiger partial charge < -0.3 is 10.2 Å². The van der Waals surface area contributed by atoms with Gasteiger partial charge in [0.1, 0.15) is 12.4 Å². The molecule has 2 heterocycles. The molecule has 0 bridgehead atoms. The van der Waals surface area contributed by atoms with Crippen molar-refractivity contribution in [2.45, 2.75) is 11.3 Å². The lowest BCUT2D eigenvalue weighted by Gasteiger charge is -2.18. The first-order valence-corrected chi connectivity index (χ1v) is 8.71. The lowest BCUT2D eigenvalue weighted by atomic mass is 10.2. The number of sulfonamides is 1. The first kappa shape index (κ1) is 17.7. The van der Waals surface area contributed by atoms with E-state index in [1.54, 1.807) is 23.1 Å². The van der Waals surface area contributed by atoms with E-state index >= 15 is 0 Å². The number of rotatable bonds is 2. The molecule has 2 aliphatic heterocycles. The van der Waals surface area contributed by atoms with Crippen molar-refractivity contribution in [3.8, 4) is 0 Å². The Morgan fingerprint density at radius 3 is 2.83 bits per heavy atom. The van der Waals surface area contributed by atoms with E-state index in [1.807, 2.05) is 0 Å². The van der Waals surface area contributed by atoms with Crippen LogP contribution < -0.4 is 10.0 Å². The van der Waals surface area contributed by atoms with Gasteiger partial charge in [-0.2, -0.15) is 0 Å². The number of hydrogen-bond donors (Lipinski definition) is 2. The minimum absolute atomic E-state index is 0. The number of amides is 1. The highest BCUT2D eigenvalue weighted by Crippen LogP contribution is 2.22. The zero-order valence-corrected chi connectivity index (χ0v) is 14.1. The molecule has 0 aliphatic carbocycles. The molecule has 2 aliphatic rings. The number of carbonyl (C=O) groups is 1. The number of benzene rings is 1. The number of aliphatic imine (C=N–C) groups is 1. The van der Waals surface area contributed by atoms with E-state index in [0.29, 0.717) is 18.7 Å². The van der Waals surface area contributed by atoms with Crippen LogP contribution >= 0.6 is 12.4 Å². The maximum atomic E-state index is 12.2. The molecule has 0 radical (unpaired) electrons. The molecule has 1 saturated heterocycles. The van der Waals surface area contributed by atoms with Gasteiger partial charge >= 0.3 is 0 Å². The molecular weight excluding hydrogens is 340 g/mol. The Balaban J connectivity index is 0.00000192. The van der Waals surface area contributed by atoms with Gasteiger partial charge in [0.15, 0.2) is 0 Å². The molecule has 1 amide bonds. The summed E-state index contributed by atoms with van der Waals surface area (Å²) in [7, 11) is -3.55. The molecule has 3 rings (SSSR count). The highest BCUT2D eigenvalue weighted by Gasteiger charge is 2.30. The smallest absolute Gasteiger partial charge is 0.263 e. The number of carbonyl (C=O) groups excluding carboxylic acids is 1. The van der Waals surface area contributed by atoms with Crippen LogP contribution in [0.5, 0.6) is 0 Å². The van der Waals surface area contributed by atoms with E-state index < -0.39 is 10.0 Å². The first-order valence-electron chi connectivity index (χ1n) is 7.23. The van der Waals surface area contributed by atoms with Crippen LogP contribution in [0.15, 0.2) is 34.2 Å². The van der Waals surface area contributed by atoms with Gasteiger partial charge in [-0.3, -0.25) is 14.5 Å². The topological polar surface area (TPSA) is 90.9 Å². The quantitative estimate of drug-likeness (QED) is 0.776. The molecule has 23 heavy (non-hydrogen) atoms. The van der Waals surface area contributed by atoms with Crippen LogP contribution in [0.25, 0.3) is 0 Å². The van der Waals surface area contributed by atoms with Crippen LogP contribution in [0.2, 0.25) is 0 Å². The number of amidine groups is 1. The van der Waals surface area contributed by atoms with Gasteiger partial charge in [-0.15, -0.1) is 12.4 Å². The van der Waals surface area contributed by atoms with Crippen molar-refractivity contribution in [3.63, 3.8) is 0 Å². The SMILES string of the molecule is Cl.O=C(CN=C1NS(=O)(=O)c2ccccc21)N1CCCNCC1. The number of nitrogens with zero attached hydrogens (tertiary/aromatic N) is 2. The molecule has 7 nitrogen and oxygen atoms in total. The summed E-state index contributed by atoms with van der Waals surface area (Å²) in [4.78, 5) is 18.3. The fourth-order valence-corrected chi connectivity index (χ4v) is 3.84. The average molecular weight is 359 g/mol. The standard InChI is InChI=1S/C14H18N4O3S.ClH/c19-13(18-8-3-6-15-7-9-18)10-16-14-11-4-1-2-5-12(11)22(20,21)17-14;/h1-2,4-5,15H,3,6-10H2,(H,16,17);1H. The van der Waals surface area contributed by atoms with E-state index in [2.05, 4.69) is 15.0 Å². The average Bonchev–Trinajstić information content (AvgIpc) is 2.71. The van der Waals surface area contributed by atoms with Gasteiger partial charge in [0, 0.05) is 25.2 Å². The van der Waals surface area contributed by atoms with Crippen molar-refractivity contribution in [2.75, 3.05) is 32.7 Å². The van der Waals surface area contributed by atoms with E-state index in [1.165, 1.54) is 6.07 Å². The van der Waals surface area contributed by atoms with Crippen molar-refractivity contribution < 1.29 is 13.2 Å². The predicted molar refractivity (Wildman–Crippen MR) is 89.5 cm³/mol. The summed E-state index contributed by atoms with van der Waals surface area (Å²) >= 11 is 0. The second kappa shape index (κ2) is 7.29. The molecule has 9 heteroatoms. The summed E-state index contributed by atoms with van der Waals surface area (Å²) in [6, 6.07) is 6.63. The number of hydrogen-bond acceptors (Lipinski definition) is 5. The highest BCUT2D eigenvalue weighted by atomic mass is 35.5. The first-order chi connectivity index (χ1) is 10.6. The second-order valence-corrected chi connectivity index (χ2v) is 6.90. The summed E-state index contributed by atoms with van der Waals surface area (Å²) in [6.45, 7) is 3.00. The third-order valence-corrected chi connectivity index (χ3v) is 5.13.